The van der Waals surface area contributed by atoms with Crippen LogP contribution in [0.5, 0.6) is 0 Å². The van der Waals surface area contributed by atoms with Crippen molar-refractivity contribution in [3.8, 4) is 39.1 Å². The largest absolute Gasteiger partial charge is 0.309 e. The maximum Gasteiger partial charge on any atom is 0.0602 e. The summed E-state index contributed by atoms with van der Waals surface area (Å²) in [5.74, 6) is 0. The Hall–Kier alpha value is -8.93. The van der Waals surface area contributed by atoms with Crippen molar-refractivity contribution in [1.82, 2.24) is 4.57 Å². The number of hydrogen-bond donors (Lipinski definition) is 0. The lowest BCUT2D eigenvalue weighted by molar-refractivity contribution is 1.17. The average Bonchev–Trinajstić information content (AvgIpc) is 4.02. The van der Waals surface area contributed by atoms with E-state index in [0.29, 0.717) is 0 Å². The predicted molar refractivity (Wildman–Crippen MR) is 319 cm³/mol. The van der Waals surface area contributed by atoms with Crippen molar-refractivity contribution in [1.29, 1.82) is 0 Å². The second kappa shape index (κ2) is 16.3. The zero-order chi connectivity index (χ0) is 48.4. The van der Waals surface area contributed by atoms with Gasteiger partial charge < -0.3 is 9.47 Å². The molecule has 13 aromatic carbocycles. The molecule has 0 bridgehead atoms. The van der Waals surface area contributed by atoms with E-state index in [4.69, 9.17) is 0 Å². The van der Waals surface area contributed by atoms with Gasteiger partial charge in [0.15, 0.2) is 0 Å². The van der Waals surface area contributed by atoms with Crippen LogP contribution in [-0.2, 0) is 0 Å². The Balaban J connectivity index is 0.822. The molecule has 16 rings (SSSR count). The fourth-order valence-corrected chi connectivity index (χ4v) is 14.5. The van der Waals surface area contributed by atoms with E-state index < -0.39 is 0 Å². The van der Waals surface area contributed by atoms with Gasteiger partial charge in [0.05, 0.1) is 22.4 Å². The third kappa shape index (κ3) is 6.32. The van der Waals surface area contributed by atoms with E-state index in [1.54, 1.807) is 0 Å². The first-order valence-corrected chi connectivity index (χ1v) is 26.9. The number of thiophene rings is 1. The number of hydrogen-bond acceptors (Lipinski definition) is 3. The molecule has 1 aliphatic rings. The predicted octanol–water partition coefficient (Wildman–Crippen LogP) is 20.7. The van der Waals surface area contributed by atoms with Gasteiger partial charge in [0.1, 0.15) is 0 Å². The monoisotopic (exact) mass is 974 g/mol. The van der Waals surface area contributed by atoms with Gasteiger partial charge in [-0.25, -0.2) is 0 Å². The summed E-state index contributed by atoms with van der Waals surface area (Å²) < 4.78 is 5.11. The summed E-state index contributed by atoms with van der Waals surface area (Å²) in [4.78, 5) is 4.90. The lowest BCUT2D eigenvalue weighted by Crippen LogP contribution is -2.14. The number of rotatable bonds is 5. The van der Waals surface area contributed by atoms with Gasteiger partial charge in [-0.1, -0.05) is 182 Å². The van der Waals surface area contributed by atoms with E-state index >= 15 is 0 Å². The molecule has 0 amide bonds. The fourth-order valence-electron chi connectivity index (χ4n) is 12.2. The summed E-state index contributed by atoms with van der Waals surface area (Å²) in [6.07, 6.45) is 0. The second-order valence-corrected chi connectivity index (χ2v) is 21.7. The van der Waals surface area contributed by atoms with Gasteiger partial charge in [0.2, 0.25) is 0 Å². The van der Waals surface area contributed by atoms with Crippen LogP contribution in [0.2, 0.25) is 0 Å². The van der Waals surface area contributed by atoms with Crippen LogP contribution in [0, 0.1) is 0 Å². The number of aromatic nitrogens is 1. The average molecular weight is 975 g/mol. The molecular weight excluding hydrogens is 933 g/mol. The molecule has 74 heavy (non-hydrogen) atoms. The summed E-state index contributed by atoms with van der Waals surface area (Å²) in [6.45, 7) is 0. The van der Waals surface area contributed by atoms with Crippen LogP contribution in [0.15, 0.2) is 265 Å². The first-order valence-electron chi connectivity index (χ1n) is 25.3. The van der Waals surface area contributed by atoms with Gasteiger partial charge in [-0.15, -0.1) is 11.3 Å². The van der Waals surface area contributed by atoms with E-state index in [1.165, 1.54) is 145 Å². The summed E-state index contributed by atoms with van der Waals surface area (Å²) >= 11 is 3.75. The van der Waals surface area contributed by atoms with Crippen molar-refractivity contribution in [2.75, 3.05) is 4.90 Å². The number of para-hydroxylation sites is 2. The normalized spacial score (nSPS) is 12.5. The standard InChI is InChI=1S/C70H42N2S2/c1-2-16-50(17-3-1)71-62-35-29-46(45-28-34-61-59(40-45)53-18-10-12-24-60(53)72(61)51-32-33-52-47(39-51)31-37-65-70(52)58-23-11-13-25-64(58)73-65)41-66(62)74-67-42-49(30-36-63(67)71)69-56-21-8-6-19-54(56)68(55-20-7-9-22-57(55)69)48-27-26-43-14-4-5-15-44(43)38-48/h1-42H. The topological polar surface area (TPSA) is 8.17 Å². The number of fused-ring (bicyclic) bond motifs is 13. The molecular formula is C70H42N2S2. The molecule has 0 spiro atoms. The Kier molecular flexibility index (Phi) is 9.17. The third-order valence-corrected chi connectivity index (χ3v) is 17.7. The van der Waals surface area contributed by atoms with Crippen molar-refractivity contribution in [3.63, 3.8) is 0 Å². The Morgan fingerprint density at radius 2 is 0.838 bits per heavy atom. The van der Waals surface area contributed by atoms with Crippen LogP contribution in [0.25, 0.3) is 124 Å². The van der Waals surface area contributed by atoms with Crippen LogP contribution < -0.4 is 4.90 Å². The van der Waals surface area contributed by atoms with E-state index in [1.807, 2.05) is 23.1 Å². The van der Waals surface area contributed by atoms with Crippen molar-refractivity contribution in [3.05, 3.63) is 255 Å². The maximum atomic E-state index is 2.45. The van der Waals surface area contributed by atoms with E-state index in [-0.39, 0.29) is 0 Å². The van der Waals surface area contributed by atoms with E-state index in [0.717, 1.165) is 5.69 Å². The minimum atomic E-state index is 1.14. The molecule has 0 saturated carbocycles. The van der Waals surface area contributed by atoms with Crippen LogP contribution in [0.4, 0.5) is 17.1 Å². The van der Waals surface area contributed by atoms with Crippen molar-refractivity contribution < 1.29 is 0 Å². The van der Waals surface area contributed by atoms with Gasteiger partial charge >= 0.3 is 0 Å². The fraction of sp³-hybridized carbons (Fsp3) is 0. The Morgan fingerprint density at radius 3 is 1.59 bits per heavy atom. The highest BCUT2D eigenvalue weighted by Gasteiger charge is 2.27. The molecule has 0 N–H and O–H groups in total. The molecule has 4 heteroatoms. The molecule has 0 aliphatic carbocycles. The summed E-state index contributed by atoms with van der Waals surface area (Å²) in [7, 11) is 0. The Labute approximate surface area is 435 Å². The number of benzene rings is 13. The summed E-state index contributed by atoms with van der Waals surface area (Å²) in [5, 5.41) is 15.3. The maximum absolute atomic E-state index is 2.45. The van der Waals surface area contributed by atoms with Gasteiger partial charge in [-0.2, -0.15) is 0 Å². The minimum Gasteiger partial charge on any atom is -0.309 e. The Morgan fingerprint density at radius 1 is 0.284 bits per heavy atom. The molecule has 2 aromatic heterocycles. The van der Waals surface area contributed by atoms with Crippen molar-refractivity contribution in [2.45, 2.75) is 9.79 Å². The smallest absolute Gasteiger partial charge is 0.0602 e. The lowest BCUT2D eigenvalue weighted by Gasteiger charge is -2.33. The quantitative estimate of drug-likeness (QED) is 0.159. The first kappa shape index (κ1) is 41.7. The molecule has 344 valence electrons. The van der Waals surface area contributed by atoms with Gasteiger partial charge in [0.25, 0.3) is 0 Å². The van der Waals surface area contributed by atoms with E-state index in [9.17, 15) is 0 Å². The number of anilines is 3. The molecule has 15 aromatic rings. The third-order valence-electron chi connectivity index (χ3n) is 15.5. The molecule has 0 unspecified atom stereocenters. The molecule has 1 aliphatic heterocycles. The minimum absolute atomic E-state index is 1.14. The van der Waals surface area contributed by atoms with Crippen LogP contribution in [0.3, 0.4) is 0 Å². The zero-order valence-corrected chi connectivity index (χ0v) is 41.6. The number of nitrogens with zero attached hydrogens (tertiary/aromatic N) is 2. The summed E-state index contributed by atoms with van der Waals surface area (Å²) in [5.41, 5.74) is 14.5. The van der Waals surface area contributed by atoms with Gasteiger partial charge in [0, 0.05) is 52.1 Å². The first-order chi connectivity index (χ1) is 36.7. The molecule has 0 fully saturated rings. The van der Waals surface area contributed by atoms with Crippen LogP contribution >= 0.6 is 23.1 Å². The molecule has 0 radical (unpaired) electrons. The molecule has 3 heterocycles. The van der Waals surface area contributed by atoms with Crippen LogP contribution in [-0.4, -0.2) is 4.57 Å². The summed E-state index contributed by atoms with van der Waals surface area (Å²) in [6, 6.07) is 94.9. The second-order valence-electron chi connectivity index (χ2n) is 19.6. The lowest BCUT2D eigenvalue weighted by atomic mass is 9.85. The highest BCUT2D eigenvalue weighted by molar-refractivity contribution is 7.99. The van der Waals surface area contributed by atoms with Crippen molar-refractivity contribution in [2.24, 2.45) is 0 Å². The van der Waals surface area contributed by atoms with Gasteiger partial charge in [-0.05, 0) is 161 Å². The molecule has 0 atom stereocenters. The van der Waals surface area contributed by atoms with Gasteiger partial charge in [-0.3, -0.25) is 0 Å². The SMILES string of the molecule is c1ccc(N2c3ccc(-c4ccc5c(c4)c4ccccc4n5-c4ccc5c(ccc6sc7ccccc7c65)c4)cc3Sc3cc(-c4c5ccccc5c(-c5ccc6ccccc6c5)c5ccccc45)ccc32)cc1. The highest BCUT2D eigenvalue weighted by Crippen LogP contribution is 2.54. The van der Waals surface area contributed by atoms with Crippen LogP contribution in [0.1, 0.15) is 0 Å². The molecule has 2 nitrogen and oxygen atoms in total. The van der Waals surface area contributed by atoms with Crippen molar-refractivity contribution >= 4 is 125 Å². The highest BCUT2D eigenvalue weighted by atomic mass is 32.2. The Bertz CT molecular complexity index is 4770. The molecule has 0 saturated heterocycles. The zero-order valence-electron chi connectivity index (χ0n) is 40.0. The van der Waals surface area contributed by atoms with E-state index in [2.05, 4.69) is 264 Å².